The van der Waals surface area contributed by atoms with Gasteiger partial charge in [-0.1, -0.05) is 48.5 Å². The Morgan fingerprint density at radius 1 is 1.00 bits per heavy atom. The highest BCUT2D eigenvalue weighted by Crippen LogP contribution is 2.40. The van der Waals surface area contributed by atoms with Crippen LogP contribution in [-0.2, 0) is 17.1 Å². The number of carbonyl (C=O) groups excluding carboxylic acids is 2. The summed E-state index contributed by atoms with van der Waals surface area (Å²) in [7, 11) is 0. The van der Waals surface area contributed by atoms with E-state index in [2.05, 4.69) is 0 Å². The molecule has 1 fully saturated rings. The zero-order valence-electron chi connectivity index (χ0n) is 12.5. The van der Waals surface area contributed by atoms with Gasteiger partial charge in [-0.2, -0.15) is 0 Å². The van der Waals surface area contributed by atoms with E-state index in [1.54, 1.807) is 29.2 Å². The number of carbonyl (C=O) groups is 2. The molecular formula is C18H16N2O3. The lowest BCUT2D eigenvalue weighted by Gasteiger charge is -2.43. The van der Waals surface area contributed by atoms with Crippen molar-refractivity contribution in [1.29, 1.82) is 0 Å². The van der Waals surface area contributed by atoms with Crippen molar-refractivity contribution in [2.45, 2.75) is 12.3 Å². The SMILES string of the molecule is O=C1CN2C(=O)c3ccccc3C2(O)CN1Cc1ccccc1. The maximum atomic E-state index is 12.4. The van der Waals surface area contributed by atoms with Crippen LogP contribution in [0.1, 0.15) is 21.5 Å². The molecule has 2 aromatic carbocycles. The Bertz CT molecular complexity index is 790. The molecule has 1 saturated heterocycles. The molecule has 2 aliphatic rings. The average molecular weight is 308 g/mol. The van der Waals surface area contributed by atoms with Gasteiger partial charge in [-0.25, -0.2) is 0 Å². The Morgan fingerprint density at radius 2 is 1.70 bits per heavy atom. The summed E-state index contributed by atoms with van der Waals surface area (Å²) >= 11 is 0. The fourth-order valence-electron chi connectivity index (χ4n) is 3.39. The van der Waals surface area contributed by atoms with Gasteiger partial charge in [0.25, 0.3) is 5.91 Å². The molecule has 0 radical (unpaired) electrons. The second kappa shape index (κ2) is 4.93. The number of rotatable bonds is 2. The van der Waals surface area contributed by atoms with Crippen LogP contribution in [0.3, 0.4) is 0 Å². The van der Waals surface area contributed by atoms with Crippen LogP contribution in [0.4, 0.5) is 0 Å². The highest BCUT2D eigenvalue weighted by Gasteiger charge is 2.53. The molecule has 2 amide bonds. The average Bonchev–Trinajstić information content (AvgIpc) is 2.78. The molecule has 0 aliphatic carbocycles. The number of β-amino-alcohol motifs (C(OH)–C–C–N with tert-alkyl or cyclic N) is 1. The zero-order chi connectivity index (χ0) is 16.0. The van der Waals surface area contributed by atoms with Gasteiger partial charge in [0, 0.05) is 17.7 Å². The molecule has 1 unspecified atom stereocenters. The van der Waals surface area contributed by atoms with Crippen molar-refractivity contribution >= 4 is 11.8 Å². The van der Waals surface area contributed by atoms with Gasteiger partial charge in [-0.15, -0.1) is 0 Å². The van der Waals surface area contributed by atoms with Gasteiger partial charge in [0.05, 0.1) is 6.54 Å². The normalized spacial score (nSPS) is 23.0. The molecule has 23 heavy (non-hydrogen) atoms. The number of piperazine rings is 1. The van der Waals surface area contributed by atoms with E-state index in [4.69, 9.17) is 0 Å². The van der Waals surface area contributed by atoms with Gasteiger partial charge in [-0.05, 0) is 11.6 Å². The lowest BCUT2D eigenvalue weighted by molar-refractivity contribution is -0.166. The molecular weight excluding hydrogens is 292 g/mol. The van der Waals surface area contributed by atoms with Crippen LogP contribution in [0.25, 0.3) is 0 Å². The van der Waals surface area contributed by atoms with Gasteiger partial charge in [0.15, 0.2) is 5.72 Å². The Morgan fingerprint density at radius 3 is 2.48 bits per heavy atom. The predicted molar refractivity (Wildman–Crippen MR) is 83.2 cm³/mol. The fourth-order valence-corrected chi connectivity index (χ4v) is 3.39. The summed E-state index contributed by atoms with van der Waals surface area (Å²) < 4.78 is 0. The second-order valence-corrected chi connectivity index (χ2v) is 5.99. The Hall–Kier alpha value is -2.66. The molecule has 0 saturated carbocycles. The van der Waals surface area contributed by atoms with Crippen molar-refractivity contribution in [3.05, 3.63) is 71.3 Å². The topological polar surface area (TPSA) is 60.9 Å². The van der Waals surface area contributed by atoms with Gasteiger partial charge < -0.3 is 10.0 Å². The highest BCUT2D eigenvalue weighted by molar-refractivity contribution is 6.02. The molecule has 5 nitrogen and oxygen atoms in total. The minimum atomic E-state index is -1.43. The van der Waals surface area contributed by atoms with E-state index < -0.39 is 5.72 Å². The summed E-state index contributed by atoms with van der Waals surface area (Å²) in [6, 6.07) is 16.6. The minimum Gasteiger partial charge on any atom is -0.365 e. The van der Waals surface area contributed by atoms with Crippen LogP contribution in [0.2, 0.25) is 0 Å². The molecule has 1 atom stereocenters. The summed E-state index contributed by atoms with van der Waals surface area (Å²) in [5.74, 6) is -0.435. The summed E-state index contributed by atoms with van der Waals surface area (Å²) in [4.78, 5) is 27.7. The van der Waals surface area contributed by atoms with Crippen LogP contribution >= 0.6 is 0 Å². The molecule has 116 valence electrons. The predicted octanol–water partition coefficient (Wildman–Crippen LogP) is 1.33. The Labute approximate surface area is 133 Å². The number of nitrogens with zero attached hydrogens (tertiary/aromatic N) is 2. The first kappa shape index (κ1) is 14.0. The first-order valence-corrected chi connectivity index (χ1v) is 7.55. The minimum absolute atomic E-state index is 0.0868. The quantitative estimate of drug-likeness (QED) is 0.910. The summed E-state index contributed by atoms with van der Waals surface area (Å²) in [6.45, 7) is 0.409. The first-order valence-electron chi connectivity index (χ1n) is 7.55. The Balaban J connectivity index is 1.68. The lowest BCUT2D eigenvalue weighted by Crippen LogP contribution is -2.60. The van der Waals surface area contributed by atoms with Crippen molar-refractivity contribution in [2.24, 2.45) is 0 Å². The van der Waals surface area contributed by atoms with Crippen LogP contribution in [0, 0.1) is 0 Å². The summed E-state index contributed by atoms with van der Waals surface area (Å²) in [5, 5.41) is 11.1. The van der Waals surface area contributed by atoms with Crippen LogP contribution in [0.15, 0.2) is 54.6 Å². The van der Waals surface area contributed by atoms with Crippen molar-refractivity contribution < 1.29 is 14.7 Å². The molecule has 0 aromatic heterocycles. The van der Waals surface area contributed by atoms with Gasteiger partial charge in [0.1, 0.15) is 6.54 Å². The number of aliphatic hydroxyl groups is 1. The maximum absolute atomic E-state index is 12.4. The van der Waals surface area contributed by atoms with Crippen LogP contribution < -0.4 is 0 Å². The first-order chi connectivity index (χ1) is 11.1. The number of benzene rings is 2. The van der Waals surface area contributed by atoms with E-state index >= 15 is 0 Å². The zero-order valence-corrected chi connectivity index (χ0v) is 12.5. The fraction of sp³-hybridized carbons (Fsp3) is 0.222. The van der Waals surface area contributed by atoms with E-state index in [9.17, 15) is 14.7 Å². The summed E-state index contributed by atoms with van der Waals surface area (Å²) in [6.07, 6.45) is 0. The van der Waals surface area contributed by atoms with Crippen LogP contribution in [-0.4, -0.2) is 39.8 Å². The van der Waals surface area contributed by atoms with Crippen molar-refractivity contribution in [3.63, 3.8) is 0 Å². The number of hydrogen-bond donors (Lipinski definition) is 1. The highest BCUT2D eigenvalue weighted by atomic mass is 16.3. The lowest BCUT2D eigenvalue weighted by atomic mass is 9.99. The number of fused-ring (bicyclic) bond motifs is 3. The standard InChI is InChI=1S/C18H16N2O3/c21-16-11-20-17(22)14-8-4-5-9-15(14)18(20,23)12-19(16)10-13-6-2-1-3-7-13/h1-9,23H,10-12H2. The van der Waals surface area contributed by atoms with Crippen molar-refractivity contribution in [1.82, 2.24) is 9.80 Å². The molecule has 0 bridgehead atoms. The van der Waals surface area contributed by atoms with E-state index in [0.29, 0.717) is 17.7 Å². The van der Waals surface area contributed by atoms with E-state index in [1.807, 2.05) is 30.3 Å². The van der Waals surface area contributed by atoms with Crippen molar-refractivity contribution in [3.8, 4) is 0 Å². The molecule has 2 heterocycles. The second-order valence-electron chi connectivity index (χ2n) is 5.99. The molecule has 4 rings (SSSR count). The molecule has 2 aromatic rings. The monoisotopic (exact) mass is 308 g/mol. The Kier molecular flexibility index (Phi) is 2.99. The van der Waals surface area contributed by atoms with E-state index in [1.165, 1.54) is 4.90 Å². The van der Waals surface area contributed by atoms with Crippen LogP contribution in [0.5, 0.6) is 0 Å². The maximum Gasteiger partial charge on any atom is 0.257 e. The third kappa shape index (κ3) is 2.04. The smallest absolute Gasteiger partial charge is 0.257 e. The van der Waals surface area contributed by atoms with E-state index in [-0.39, 0.29) is 24.9 Å². The molecule has 1 N–H and O–H groups in total. The largest absolute Gasteiger partial charge is 0.365 e. The third-order valence-electron chi connectivity index (χ3n) is 4.55. The van der Waals surface area contributed by atoms with E-state index in [0.717, 1.165) is 5.56 Å². The van der Waals surface area contributed by atoms with Gasteiger partial charge in [-0.3, -0.25) is 14.5 Å². The molecule has 5 heteroatoms. The van der Waals surface area contributed by atoms with Gasteiger partial charge >= 0.3 is 0 Å². The number of amides is 2. The molecule has 2 aliphatic heterocycles. The summed E-state index contributed by atoms with van der Waals surface area (Å²) in [5.41, 5.74) is 0.617. The third-order valence-corrected chi connectivity index (χ3v) is 4.55. The van der Waals surface area contributed by atoms with Crippen molar-refractivity contribution in [2.75, 3.05) is 13.1 Å². The van der Waals surface area contributed by atoms with Gasteiger partial charge in [0.2, 0.25) is 5.91 Å². The number of hydrogen-bond acceptors (Lipinski definition) is 3. The molecule has 0 spiro atoms.